The Balaban J connectivity index is 1.54. The van der Waals surface area contributed by atoms with E-state index >= 15 is 0 Å². The fourth-order valence-electron chi connectivity index (χ4n) is 5.35. The molecule has 0 saturated carbocycles. The van der Waals surface area contributed by atoms with Crippen LogP contribution in [0.2, 0.25) is 5.02 Å². The minimum absolute atomic E-state index is 0.253. The number of esters is 1. The number of nitrogens with zero attached hydrogens (tertiary/aromatic N) is 3. The molecule has 1 atom stereocenters. The number of ether oxygens (including phenoxy) is 2. The number of carbonyl (C=O) groups excluding carboxylic acids is 1. The summed E-state index contributed by atoms with van der Waals surface area (Å²) in [7, 11) is 2.85. The molecule has 2 aromatic heterocycles. The van der Waals surface area contributed by atoms with Gasteiger partial charge in [-0.25, -0.2) is 9.79 Å². The van der Waals surface area contributed by atoms with Crippen molar-refractivity contribution in [3.05, 3.63) is 130 Å². The van der Waals surface area contributed by atoms with Crippen LogP contribution in [0.5, 0.6) is 5.75 Å². The fourth-order valence-corrected chi connectivity index (χ4v) is 6.84. The van der Waals surface area contributed by atoms with E-state index in [0.717, 1.165) is 26.5 Å². The summed E-state index contributed by atoms with van der Waals surface area (Å²) in [5, 5.41) is 1.48. The summed E-state index contributed by atoms with van der Waals surface area (Å²) in [5.41, 5.74) is 4.14. The Labute approximate surface area is 258 Å². The molecule has 10 heteroatoms. The first-order chi connectivity index (χ1) is 20.3. The molecule has 1 aliphatic rings. The highest BCUT2D eigenvalue weighted by molar-refractivity contribution is 9.10. The number of halogens is 2. The van der Waals surface area contributed by atoms with Gasteiger partial charge in [-0.05, 0) is 55.0 Å². The average Bonchev–Trinajstić information content (AvgIpc) is 3.49. The van der Waals surface area contributed by atoms with Crippen molar-refractivity contribution in [2.45, 2.75) is 19.5 Å². The second kappa shape index (κ2) is 11.4. The van der Waals surface area contributed by atoms with E-state index in [4.69, 9.17) is 21.1 Å². The van der Waals surface area contributed by atoms with E-state index in [1.807, 2.05) is 30.3 Å². The molecule has 5 aromatic rings. The zero-order valence-corrected chi connectivity index (χ0v) is 26.1. The monoisotopic (exact) mass is 661 g/mol. The predicted octanol–water partition coefficient (Wildman–Crippen LogP) is 5.84. The number of allylic oxidation sites excluding steroid dienone is 1. The molecule has 42 heavy (non-hydrogen) atoms. The van der Waals surface area contributed by atoms with Crippen molar-refractivity contribution in [2.75, 3.05) is 14.2 Å². The van der Waals surface area contributed by atoms with Crippen LogP contribution in [0.1, 0.15) is 29.7 Å². The molecule has 3 heterocycles. The van der Waals surface area contributed by atoms with Crippen molar-refractivity contribution in [1.82, 2.24) is 9.13 Å². The van der Waals surface area contributed by atoms with Crippen LogP contribution in [-0.2, 0) is 16.1 Å². The topological polar surface area (TPSA) is 74.8 Å². The molecule has 0 saturated heterocycles. The van der Waals surface area contributed by atoms with E-state index in [1.54, 1.807) is 25.1 Å². The van der Waals surface area contributed by atoms with Gasteiger partial charge in [-0.3, -0.25) is 9.36 Å². The Bertz CT molecular complexity index is 2080. The van der Waals surface area contributed by atoms with Crippen LogP contribution in [0.4, 0.5) is 0 Å². The lowest BCUT2D eigenvalue weighted by atomic mass is 9.95. The first-order valence-electron chi connectivity index (χ1n) is 13.1. The van der Waals surface area contributed by atoms with Crippen LogP contribution in [-0.4, -0.2) is 29.3 Å². The zero-order chi connectivity index (χ0) is 29.5. The lowest BCUT2D eigenvalue weighted by molar-refractivity contribution is -0.136. The maximum absolute atomic E-state index is 14.1. The van der Waals surface area contributed by atoms with Crippen molar-refractivity contribution in [1.29, 1.82) is 0 Å². The number of hydrogen-bond acceptors (Lipinski definition) is 6. The van der Waals surface area contributed by atoms with Gasteiger partial charge in [0.1, 0.15) is 11.8 Å². The summed E-state index contributed by atoms with van der Waals surface area (Å²) in [6, 6.07) is 20.6. The summed E-state index contributed by atoms with van der Waals surface area (Å²) in [5.74, 6) is -0.0836. The number of hydrogen-bond donors (Lipinski definition) is 0. The second-order valence-electron chi connectivity index (χ2n) is 9.82. The second-order valence-corrected chi connectivity index (χ2v) is 12.2. The third-order valence-electron chi connectivity index (χ3n) is 7.29. The van der Waals surface area contributed by atoms with E-state index in [0.29, 0.717) is 37.9 Å². The number of para-hydroxylation sites is 1. The van der Waals surface area contributed by atoms with Crippen molar-refractivity contribution >= 4 is 61.8 Å². The summed E-state index contributed by atoms with van der Waals surface area (Å²) >= 11 is 11.2. The largest absolute Gasteiger partial charge is 0.496 e. The Kier molecular flexibility index (Phi) is 7.66. The first-order valence-corrected chi connectivity index (χ1v) is 15.0. The van der Waals surface area contributed by atoms with Gasteiger partial charge < -0.3 is 14.0 Å². The first kappa shape index (κ1) is 28.2. The van der Waals surface area contributed by atoms with Crippen LogP contribution in [0.15, 0.2) is 98.5 Å². The molecule has 0 aliphatic carbocycles. The predicted molar refractivity (Wildman–Crippen MR) is 169 cm³/mol. The number of benzene rings is 3. The van der Waals surface area contributed by atoms with Gasteiger partial charge in [-0.1, -0.05) is 69.2 Å². The molecule has 0 amide bonds. The van der Waals surface area contributed by atoms with E-state index < -0.39 is 12.0 Å². The minimum Gasteiger partial charge on any atom is -0.496 e. The average molecular weight is 663 g/mol. The van der Waals surface area contributed by atoms with Gasteiger partial charge in [-0.15, -0.1) is 0 Å². The van der Waals surface area contributed by atoms with Gasteiger partial charge in [-0.2, -0.15) is 0 Å². The number of methoxy groups -OCH3 is 2. The molecular weight excluding hydrogens is 638 g/mol. The van der Waals surface area contributed by atoms with E-state index in [-0.39, 0.29) is 11.1 Å². The highest BCUT2D eigenvalue weighted by Crippen LogP contribution is 2.37. The molecule has 7 nitrogen and oxygen atoms in total. The molecule has 0 bridgehead atoms. The molecule has 0 fully saturated rings. The maximum Gasteiger partial charge on any atom is 0.338 e. The molecular formula is C32H25BrClN3O4S. The Morgan fingerprint density at radius 1 is 1.12 bits per heavy atom. The van der Waals surface area contributed by atoms with Gasteiger partial charge in [0.25, 0.3) is 5.56 Å². The Morgan fingerprint density at radius 2 is 1.88 bits per heavy atom. The van der Waals surface area contributed by atoms with Crippen LogP contribution < -0.4 is 19.6 Å². The van der Waals surface area contributed by atoms with Crippen molar-refractivity contribution < 1.29 is 14.3 Å². The quantitative estimate of drug-likeness (QED) is 0.214. The summed E-state index contributed by atoms with van der Waals surface area (Å²) in [4.78, 5) is 32.3. The smallest absolute Gasteiger partial charge is 0.338 e. The lowest BCUT2D eigenvalue weighted by Crippen LogP contribution is -2.40. The number of carbonyl (C=O) groups is 1. The summed E-state index contributed by atoms with van der Waals surface area (Å²) in [6.07, 6.45) is 3.96. The number of thiazole rings is 1. The van der Waals surface area contributed by atoms with Gasteiger partial charge in [0.15, 0.2) is 4.80 Å². The summed E-state index contributed by atoms with van der Waals surface area (Å²) < 4.78 is 16.0. The molecule has 0 unspecified atom stereocenters. The lowest BCUT2D eigenvalue weighted by Gasteiger charge is -2.25. The molecule has 0 spiro atoms. The van der Waals surface area contributed by atoms with Gasteiger partial charge in [0, 0.05) is 44.3 Å². The zero-order valence-electron chi connectivity index (χ0n) is 22.9. The van der Waals surface area contributed by atoms with E-state index in [2.05, 4.69) is 56.0 Å². The number of fused-ring (bicyclic) bond motifs is 2. The van der Waals surface area contributed by atoms with Crippen LogP contribution in [0.25, 0.3) is 17.0 Å². The molecule has 6 rings (SSSR count). The van der Waals surface area contributed by atoms with Crippen LogP contribution in [0.3, 0.4) is 0 Å². The Hall–Kier alpha value is -3.92. The highest BCUT2D eigenvalue weighted by Gasteiger charge is 2.35. The third-order valence-corrected chi connectivity index (χ3v) is 9.03. The van der Waals surface area contributed by atoms with Crippen molar-refractivity contribution in [3.63, 3.8) is 0 Å². The van der Waals surface area contributed by atoms with Crippen molar-refractivity contribution in [2.24, 2.45) is 4.99 Å². The SMILES string of the molecule is COC(=O)C1=C(C)N=c2s/c(=C\c3cn(Cc4ccc(Br)cc4)c4ccccc34)c(=O)n2[C@H]1c1cc(Cl)ccc1OC. The van der Waals surface area contributed by atoms with Crippen molar-refractivity contribution in [3.8, 4) is 5.75 Å². The van der Waals surface area contributed by atoms with Gasteiger partial charge in [0.05, 0.1) is 30.0 Å². The maximum atomic E-state index is 14.1. The van der Waals surface area contributed by atoms with E-state index in [9.17, 15) is 9.59 Å². The number of aromatic nitrogens is 2. The highest BCUT2D eigenvalue weighted by atomic mass is 79.9. The van der Waals surface area contributed by atoms with Gasteiger partial charge in [0.2, 0.25) is 0 Å². The molecule has 0 N–H and O–H groups in total. The summed E-state index contributed by atoms with van der Waals surface area (Å²) in [6.45, 7) is 2.42. The molecule has 3 aromatic carbocycles. The fraction of sp³-hybridized carbons (Fsp3) is 0.156. The molecule has 1 aliphatic heterocycles. The van der Waals surface area contributed by atoms with Gasteiger partial charge >= 0.3 is 5.97 Å². The molecule has 212 valence electrons. The van der Waals surface area contributed by atoms with Crippen LogP contribution in [0, 0.1) is 0 Å². The normalized spacial score (nSPS) is 15.1. The number of rotatable bonds is 6. The van der Waals surface area contributed by atoms with Crippen LogP contribution >= 0.6 is 38.9 Å². The third kappa shape index (κ3) is 5.02. The van der Waals surface area contributed by atoms with E-state index in [1.165, 1.54) is 30.1 Å². The standard InChI is InChI=1S/C32H25BrClN3O4S/c1-18-28(31(39)41-3)29(24-15-22(34)12-13-26(24)40-2)37-30(38)27(42-32(37)35-18)14-20-17-36(25-7-5-4-6-23(20)25)16-19-8-10-21(33)11-9-19/h4-15,17,29H,16H2,1-3H3/b27-14-/t29-/m0/s1. The Morgan fingerprint density at radius 3 is 2.62 bits per heavy atom. The minimum atomic E-state index is -0.830. The molecule has 0 radical (unpaired) electrons.